The summed E-state index contributed by atoms with van der Waals surface area (Å²) in [5, 5.41) is 0. The number of carbonyl (C=O) groups is 1. The van der Waals surface area contributed by atoms with Gasteiger partial charge >= 0.3 is 0 Å². The van der Waals surface area contributed by atoms with Crippen LogP contribution in [0.1, 0.15) is 21.5 Å². The summed E-state index contributed by atoms with van der Waals surface area (Å²) in [4.78, 5) is 17.8. The van der Waals surface area contributed by atoms with E-state index in [2.05, 4.69) is 4.98 Å². The van der Waals surface area contributed by atoms with Crippen LogP contribution in [0.5, 0.6) is 0 Å². The molecule has 0 atom stereocenters. The summed E-state index contributed by atoms with van der Waals surface area (Å²) in [6.45, 7) is 2.02. The van der Waals surface area contributed by atoms with Crippen molar-refractivity contribution >= 4 is 28.6 Å². The van der Waals surface area contributed by atoms with E-state index in [-0.39, 0.29) is 5.91 Å². The Hall–Kier alpha value is -3.46. The Kier molecular flexibility index (Phi) is 4.20. The van der Waals surface area contributed by atoms with Gasteiger partial charge < -0.3 is 0 Å². The second-order valence-corrected chi connectivity index (χ2v) is 6.25. The number of allylic oxidation sites excluding steroid dienone is 1. The number of rotatable bonds is 3. The van der Waals surface area contributed by atoms with E-state index in [0.29, 0.717) is 5.57 Å². The fourth-order valence-electron chi connectivity index (χ4n) is 3.02. The molecule has 4 rings (SSSR count). The normalized spacial score (nSPS) is 11.7. The van der Waals surface area contributed by atoms with Crippen LogP contribution in [0.25, 0.3) is 22.7 Å². The average molecular weight is 338 g/mol. The van der Waals surface area contributed by atoms with Crippen molar-refractivity contribution < 1.29 is 4.79 Å². The standard InChI is InChI=1S/C23H18N2O/c1-17-12-13-22-21(14-17)24-16-25(22)23(26)20(19-10-6-3-7-11-19)15-18-8-4-2-5-9-18/h2-16H,1H3/b20-15+. The summed E-state index contributed by atoms with van der Waals surface area (Å²) in [5.41, 5.74) is 5.27. The van der Waals surface area contributed by atoms with E-state index < -0.39 is 0 Å². The molecule has 26 heavy (non-hydrogen) atoms. The van der Waals surface area contributed by atoms with E-state index in [9.17, 15) is 4.79 Å². The van der Waals surface area contributed by atoms with E-state index in [1.54, 1.807) is 10.9 Å². The maximum absolute atomic E-state index is 13.4. The zero-order valence-electron chi connectivity index (χ0n) is 14.5. The lowest BCUT2D eigenvalue weighted by Crippen LogP contribution is -2.11. The van der Waals surface area contributed by atoms with Crippen molar-refractivity contribution in [3.8, 4) is 0 Å². The summed E-state index contributed by atoms with van der Waals surface area (Å²) < 4.78 is 1.62. The molecule has 1 aromatic heterocycles. The molecule has 3 nitrogen and oxygen atoms in total. The third-order valence-electron chi connectivity index (χ3n) is 4.35. The lowest BCUT2D eigenvalue weighted by Gasteiger charge is -2.09. The van der Waals surface area contributed by atoms with Gasteiger partial charge in [0.05, 0.1) is 11.0 Å². The molecule has 0 unspecified atom stereocenters. The Morgan fingerprint density at radius 3 is 2.35 bits per heavy atom. The van der Waals surface area contributed by atoms with Crippen molar-refractivity contribution in [3.63, 3.8) is 0 Å². The summed E-state index contributed by atoms with van der Waals surface area (Å²) in [7, 11) is 0. The van der Waals surface area contributed by atoms with E-state index in [1.807, 2.05) is 91.9 Å². The third-order valence-corrected chi connectivity index (χ3v) is 4.35. The number of fused-ring (bicyclic) bond motifs is 1. The van der Waals surface area contributed by atoms with Crippen molar-refractivity contribution in [2.45, 2.75) is 6.92 Å². The highest BCUT2D eigenvalue weighted by Crippen LogP contribution is 2.23. The fourth-order valence-corrected chi connectivity index (χ4v) is 3.02. The van der Waals surface area contributed by atoms with Gasteiger partial charge in [0.15, 0.2) is 0 Å². The van der Waals surface area contributed by atoms with Crippen molar-refractivity contribution in [1.29, 1.82) is 0 Å². The molecule has 0 radical (unpaired) electrons. The molecular weight excluding hydrogens is 320 g/mol. The maximum Gasteiger partial charge on any atom is 0.264 e. The second-order valence-electron chi connectivity index (χ2n) is 6.25. The zero-order chi connectivity index (χ0) is 17.9. The fraction of sp³-hybridized carbons (Fsp3) is 0.0435. The minimum atomic E-state index is -0.0913. The first kappa shape index (κ1) is 16.0. The predicted octanol–water partition coefficient (Wildman–Crippen LogP) is 5.23. The van der Waals surface area contributed by atoms with Gasteiger partial charge in [-0.3, -0.25) is 9.36 Å². The molecule has 0 fully saturated rings. The second kappa shape index (κ2) is 6.81. The first-order chi connectivity index (χ1) is 12.7. The third kappa shape index (κ3) is 3.07. The van der Waals surface area contributed by atoms with Crippen LogP contribution in [-0.2, 0) is 0 Å². The van der Waals surface area contributed by atoms with Gasteiger partial charge in [-0.2, -0.15) is 0 Å². The Labute approximate surface area is 152 Å². The molecule has 0 aliphatic rings. The van der Waals surface area contributed by atoms with Crippen LogP contribution in [-0.4, -0.2) is 15.5 Å². The Balaban J connectivity index is 1.85. The highest BCUT2D eigenvalue weighted by Gasteiger charge is 2.17. The Bertz CT molecular complexity index is 1090. The minimum Gasteiger partial charge on any atom is -0.268 e. The molecular formula is C23H18N2O. The number of nitrogens with zero attached hydrogens (tertiary/aromatic N) is 2. The molecule has 0 spiro atoms. The Morgan fingerprint density at radius 1 is 0.923 bits per heavy atom. The summed E-state index contributed by atoms with van der Waals surface area (Å²) >= 11 is 0. The topological polar surface area (TPSA) is 34.9 Å². The number of aryl methyl sites for hydroxylation is 1. The largest absolute Gasteiger partial charge is 0.268 e. The number of aromatic nitrogens is 2. The molecule has 3 aromatic carbocycles. The zero-order valence-corrected chi connectivity index (χ0v) is 14.5. The average Bonchev–Trinajstić information content (AvgIpc) is 3.10. The van der Waals surface area contributed by atoms with Crippen LogP contribution in [0.4, 0.5) is 0 Å². The van der Waals surface area contributed by atoms with E-state index in [0.717, 1.165) is 27.7 Å². The van der Waals surface area contributed by atoms with Crippen LogP contribution >= 0.6 is 0 Å². The molecule has 1 heterocycles. The van der Waals surface area contributed by atoms with Crippen LogP contribution < -0.4 is 0 Å². The van der Waals surface area contributed by atoms with Crippen LogP contribution in [0, 0.1) is 6.92 Å². The molecule has 0 amide bonds. The SMILES string of the molecule is Cc1ccc2c(c1)ncn2C(=O)/C(=C/c1ccccc1)c1ccccc1. The molecule has 3 heteroatoms. The van der Waals surface area contributed by atoms with Gasteiger partial charge in [0.1, 0.15) is 6.33 Å². The highest BCUT2D eigenvalue weighted by molar-refractivity contribution is 6.26. The molecule has 4 aromatic rings. The number of carbonyl (C=O) groups excluding carboxylic acids is 1. The van der Waals surface area contributed by atoms with Gasteiger partial charge in [-0.1, -0.05) is 66.7 Å². The smallest absolute Gasteiger partial charge is 0.264 e. The van der Waals surface area contributed by atoms with Crippen LogP contribution in [0.15, 0.2) is 85.2 Å². The van der Waals surface area contributed by atoms with Gasteiger partial charge in [-0.05, 0) is 41.8 Å². The lowest BCUT2D eigenvalue weighted by molar-refractivity contribution is 0.0984. The summed E-state index contributed by atoms with van der Waals surface area (Å²) in [5.74, 6) is -0.0913. The predicted molar refractivity (Wildman–Crippen MR) is 106 cm³/mol. The van der Waals surface area contributed by atoms with E-state index in [1.165, 1.54) is 0 Å². The number of benzene rings is 3. The van der Waals surface area contributed by atoms with Gasteiger partial charge in [0.2, 0.25) is 0 Å². The molecule has 126 valence electrons. The van der Waals surface area contributed by atoms with Crippen molar-refractivity contribution in [2.24, 2.45) is 0 Å². The van der Waals surface area contributed by atoms with Crippen LogP contribution in [0.2, 0.25) is 0 Å². The van der Waals surface area contributed by atoms with Gasteiger partial charge in [-0.15, -0.1) is 0 Å². The molecule has 0 bridgehead atoms. The maximum atomic E-state index is 13.4. The van der Waals surface area contributed by atoms with Crippen LogP contribution in [0.3, 0.4) is 0 Å². The summed E-state index contributed by atoms with van der Waals surface area (Å²) in [6.07, 6.45) is 3.53. The summed E-state index contributed by atoms with van der Waals surface area (Å²) in [6, 6.07) is 25.6. The molecule has 0 aliphatic carbocycles. The van der Waals surface area contributed by atoms with Crippen molar-refractivity contribution in [3.05, 3.63) is 102 Å². The quantitative estimate of drug-likeness (QED) is 0.379. The van der Waals surface area contributed by atoms with Crippen molar-refractivity contribution in [2.75, 3.05) is 0 Å². The molecule has 0 aliphatic heterocycles. The molecule has 0 saturated heterocycles. The number of hydrogen-bond acceptors (Lipinski definition) is 2. The number of imidazole rings is 1. The first-order valence-electron chi connectivity index (χ1n) is 8.53. The van der Waals surface area contributed by atoms with Gasteiger partial charge in [0, 0.05) is 5.57 Å². The van der Waals surface area contributed by atoms with E-state index >= 15 is 0 Å². The Morgan fingerprint density at radius 2 is 1.62 bits per heavy atom. The first-order valence-corrected chi connectivity index (χ1v) is 8.53. The van der Waals surface area contributed by atoms with Gasteiger partial charge in [0.25, 0.3) is 5.91 Å². The van der Waals surface area contributed by atoms with Gasteiger partial charge in [-0.25, -0.2) is 4.98 Å². The van der Waals surface area contributed by atoms with E-state index in [4.69, 9.17) is 0 Å². The highest BCUT2D eigenvalue weighted by atomic mass is 16.2. The lowest BCUT2D eigenvalue weighted by atomic mass is 10.0. The molecule has 0 saturated carbocycles. The monoisotopic (exact) mass is 338 g/mol. The minimum absolute atomic E-state index is 0.0913. The van der Waals surface area contributed by atoms with Crippen molar-refractivity contribution in [1.82, 2.24) is 9.55 Å². The number of hydrogen-bond donors (Lipinski definition) is 0. The molecule has 0 N–H and O–H groups in total.